The van der Waals surface area contributed by atoms with Crippen LogP contribution in [0, 0.1) is 5.92 Å². The molecule has 1 aliphatic carbocycles. The van der Waals surface area contributed by atoms with Crippen LogP contribution in [0.4, 0.5) is 0 Å². The molecule has 114 valence electrons. The second-order valence-electron chi connectivity index (χ2n) is 5.51. The van der Waals surface area contributed by atoms with E-state index >= 15 is 0 Å². The van der Waals surface area contributed by atoms with Gasteiger partial charge in [-0.25, -0.2) is 0 Å². The van der Waals surface area contributed by atoms with Gasteiger partial charge in [-0.15, -0.1) is 0 Å². The first-order valence-corrected chi connectivity index (χ1v) is 7.23. The molecule has 4 N–H and O–H groups in total. The first-order valence-electron chi connectivity index (χ1n) is 7.23. The minimum atomic E-state index is -1.97. The summed E-state index contributed by atoms with van der Waals surface area (Å²) in [5.74, 6) is -1.59. The van der Waals surface area contributed by atoms with Crippen molar-refractivity contribution >= 4 is 5.91 Å². The summed E-state index contributed by atoms with van der Waals surface area (Å²) >= 11 is 0. The van der Waals surface area contributed by atoms with E-state index in [1.807, 2.05) is 6.92 Å². The molecule has 1 aliphatic rings. The fraction of sp³-hybridized carbons (Fsp3) is 0.923. The van der Waals surface area contributed by atoms with Gasteiger partial charge in [-0.05, 0) is 24.8 Å². The van der Waals surface area contributed by atoms with Crippen LogP contribution in [0.3, 0.4) is 0 Å². The summed E-state index contributed by atoms with van der Waals surface area (Å²) in [6.07, 6.45) is 3.84. The first-order chi connectivity index (χ1) is 9.48. The Labute approximate surface area is 118 Å². The van der Waals surface area contributed by atoms with Gasteiger partial charge in [0.1, 0.15) is 0 Å². The van der Waals surface area contributed by atoms with Crippen LogP contribution in [0.15, 0.2) is 5.11 Å². The second-order valence-corrected chi connectivity index (χ2v) is 5.51. The van der Waals surface area contributed by atoms with E-state index in [1.165, 1.54) is 0 Å². The molecule has 0 heterocycles. The number of primary amides is 1. The zero-order valence-electron chi connectivity index (χ0n) is 11.9. The van der Waals surface area contributed by atoms with Gasteiger partial charge in [-0.2, -0.15) is 0 Å². The van der Waals surface area contributed by atoms with Crippen molar-refractivity contribution in [3.63, 3.8) is 0 Å². The molecule has 0 radical (unpaired) electrons. The maximum atomic E-state index is 11.8. The summed E-state index contributed by atoms with van der Waals surface area (Å²) in [6, 6.07) is -0.928. The number of hydrogen-bond acceptors (Lipinski definition) is 4. The Bertz CT molecular complexity index is 384. The molecule has 1 fully saturated rings. The first kappa shape index (κ1) is 16.8. The number of hydrogen-bond donors (Lipinski definition) is 3. The van der Waals surface area contributed by atoms with Crippen LogP contribution in [0.2, 0.25) is 0 Å². The van der Waals surface area contributed by atoms with Crippen LogP contribution in [-0.4, -0.2) is 33.9 Å². The summed E-state index contributed by atoms with van der Waals surface area (Å²) in [6.45, 7) is 1.96. The van der Waals surface area contributed by atoms with E-state index in [-0.39, 0.29) is 0 Å². The van der Waals surface area contributed by atoms with Crippen molar-refractivity contribution in [2.75, 3.05) is 0 Å². The zero-order valence-corrected chi connectivity index (χ0v) is 11.9. The largest absolute Gasteiger partial charge is 0.393 e. The number of unbranched alkanes of at least 4 members (excludes halogenated alkanes) is 1. The van der Waals surface area contributed by atoms with Crippen molar-refractivity contribution in [1.82, 2.24) is 0 Å². The molecule has 0 spiro atoms. The standard InChI is InChI=1S/C13H24N4O3/c1-2-3-8-11(16-17-15)13(20,12(14)19)9-6-4-5-7-10(9)18/h9-11,18,20H,2-8H2,1H3,(H2,14,19)/t9-,10-,11?,13?/m0/s1. The highest BCUT2D eigenvalue weighted by Gasteiger charge is 2.51. The molecule has 1 rings (SSSR count). The SMILES string of the molecule is CCCCC(N=[N+]=[N-])C(O)(C(N)=O)[C@H]1CCCC[C@@H]1O. The number of nitrogens with two attached hydrogens (primary N) is 1. The van der Waals surface area contributed by atoms with Crippen LogP contribution in [0.1, 0.15) is 51.9 Å². The number of carbonyl (C=O) groups excluding carboxylic acids is 1. The number of azide groups is 1. The predicted octanol–water partition coefficient (Wildman–Crippen LogP) is 1.62. The van der Waals surface area contributed by atoms with Gasteiger partial charge < -0.3 is 15.9 Å². The second kappa shape index (κ2) is 7.47. The fourth-order valence-corrected chi connectivity index (χ4v) is 3.04. The van der Waals surface area contributed by atoms with Gasteiger partial charge in [-0.3, -0.25) is 4.79 Å². The fourth-order valence-electron chi connectivity index (χ4n) is 3.04. The Morgan fingerprint density at radius 3 is 2.70 bits per heavy atom. The molecule has 0 saturated heterocycles. The molecule has 7 heteroatoms. The molecule has 1 saturated carbocycles. The van der Waals surface area contributed by atoms with E-state index in [9.17, 15) is 15.0 Å². The third-order valence-electron chi connectivity index (χ3n) is 4.22. The molecular formula is C13H24N4O3. The number of carbonyl (C=O) groups is 1. The van der Waals surface area contributed by atoms with Gasteiger partial charge in [0.05, 0.1) is 12.1 Å². The van der Waals surface area contributed by atoms with Crippen molar-refractivity contribution in [2.45, 2.75) is 69.6 Å². The number of amides is 1. The Morgan fingerprint density at radius 1 is 1.55 bits per heavy atom. The molecule has 0 aromatic carbocycles. The molecule has 0 aliphatic heterocycles. The van der Waals surface area contributed by atoms with Crippen molar-refractivity contribution in [2.24, 2.45) is 16.8 Å². The van der Waals surface area contributed by atoms with Gasteiger partial charge in [0.25, 0.3) is 0 Å². The van der Waals surface area contributed by atoms with Crippen LogP contribution < -0.4 is 5.73 Å². The number of aliphatic hydroxyl groups is 2. The van der Waals surface area contributed by atoms with E-state index < -0.39 is 29.6 Å². The van der Waals surface area contributed by atoms with Crippen LogP contribution >= 0.6 is 0 Å². The van der Waals surface area contributed by atoms with Crippen LogP contribution in [0.25, 0.3) is 10.4 Å². The van der Waals surface area contributed by atoms with Gasteiger partial charge in [0.15, 0.2) is 5.60 Å². The van der Waals surface area contributed by atoms with E-state index in [0.717, 1.165) is 19.3 Å². The van der Waals surface area contributed by atoms with Crippen molar-refractivity contribution in [3.05, 3.63) is 10.4 Å². The normalized spacial score (nSPS) is 27.1. The van der Waals surface area contributed by atoms with Crippen LogP contribution in [-0.2, 0) is 4.79 Å². The van der Waals surface area contributed by atoms with Gasteiger partial charge >= 0.3 is 0 Å². The third-order valence-corrected chi connectivity index (χ3v) is 4.22. The summed E-state index contributed by atoms with van der Waals surface area (Å²) < 4.78 is 0. The summed E-state index contributed by atoms with van der Waals surface area (Å²) in [5.41, 5.74) is 12.1. The number of nitrogens with zero attached hydrogens (tertiary/aromatic N) is 3. The smallest absolute Gasteiger partial charge is 0.250 e. The highest BCUT2D eigenvalue weighted by molar-refractivity contribution is 5.84. The average Bonchev–Trinajstić information content (AvgIpc) is 2.43. The lowest BCUT2D eigenvalue weighted by Crippen LogP contribution is -2.61. The molecule has 20 heavy (non-hydrogen) atoms. The minimum absolute atomic E-state index is 0.378. The molecular weight excluding hydrogens is 260 g/mol. The molecule has 4 atom stereocenters. The highest BCUT2D eigenvalue weighted by Crippen LogP contribution is 2.37. The average molecular weight is 284 g/mol. The monoisotopic (exact) mass is 284 g/mol. The lowest BCUT2D eigenvalue weighted by molar-refractivity contribution is -0.156. The summed E-state index contributed by atoms with van der Waals surface area (Å²) in [4.78, 5) is 14.6. The van der Waals surface area contributed by atoms with Crippen molar-refractivity contribution in [3.8, 4) is 0 Å². The Balaban J connectivity index is 3.08. The molecule has 0 aromatic rings. The predicted molar refractivity (Wildman–Crippen MR) is 74.6 cm³/mol. The molecule has 7 nitrogen and oxygen atoms in total. The van der Waals surface area contributed by atoms with Gasteiger partial charge in [0, 0.05) is 10.8 Å². The summed E-state index contributed by atoms with van der Waals surface area (Å²) in [5, 5.41) is 24.5. The Kier molecular flexibility index (Phi) is 6.26. The van der Waals surface area contributed by atoms with E-state index in [0.29, 0.717) is 25.7 Å². The Hall–Kier alpha value is -1.30. The van der Waals surface area contributed by atoms with Gasteiger partial charge in [0.2, 0.25) is 5.91 Å². The Morgan fingerprint density at radius 2 is 2.20 bits per heavy atom. The maximum absolute atomic E-state index is 11.8. The summed E-state index contributed by atoms with van der Waals surface area (Å²) in [7, 11) is 0. The minimum Gasteiger partial charge on any atom is -0.393 e. The highest BCUT2D eigenvalue weighted by atomic mass is 16.3. The maximum Gasteiger partial charge on any atom is 0.250 e. The van der Waals surface area contributed by atoms with E-state index in [2.05, 4.69) is 10.0 Å². The third kappa shape index (κ3) is 3.42. The number of rotatable bonds is 7. The molecule has 2 unspecified atom stereocenters. The molecule has 0 bridgehead atoms. The number of aliphatic hydroxyl groups excluding tert-OH is 1. The molecule has 0 aromatic heterocycles. The van der Waals surface area contributed by atoms with Crippen molar-refractivity contribution in [1.29, 1.82) is 0 Å². The lowest BCUT2D eigenvalue weighted by atomic mass is 9.70. The van der Waals surface area contributed by atoms with E-state index in [1.54, 1.807) is 0 Å². The van der Waals surface area contributed by atoms with Crippen molar-refractivity contribution < 1.29 is 15.0 Å². The van der Waals surface area contributed by atoms with E-state index in [4.69, 9.17) is 11.3 Å². The lowest BCUT2D eigenvalue weighted by Gasteiger charge is -2.42. The quantitative estimate of drug-likeness (QED) is 0.372. The van der Waals surface area contributed by atoms with Crippen LogP contribution in [0.5, 0.6) is 0 Å². The zero-order chi connectivity index (χ0) is 15.2. The molecule has 1 amide bonds. The topological polar surface area (TPSA) is 132 Å². The van der Waals surface area contributed by atoms with Gasteiger partial charge in [-0.1, -0.05) is 37.7 Å².